The highest BCUT2D eigenvalue weighted by Gasteiger charge is 2.15. The van der Waals surface area contributed by atoms with Gasteiger partial charge in [0.2, 0.25) is 5.91 Å². The fraction of sp³-hybridized carbons (Fsp3) is 0.278. The minimum absolute atomic E-state index is 0.0641. The summed E-state index contributed by atoms with van der Waals surface area (Å²) >= 11 is 0. The number of carbonyl (C=O) groups is 1. The summed E-state index contributed by atoms with van der Waals surface area (Å²) < 4.78 is 26.1. The van der Waals surface area contributed by atoms with E-state index in [4.69, 9.17) is 0 Å². The van der Waals surface area contributed by atoms with E-state index in [-0.39, 0.29) is 24.6 Å². The van der Waals surface area contributed by atoms with Crippen LogP contribution in [0.5, 0.6) is 0 Å². The highest BCUT2D eigenvalue weighted by atomic mass is 19.2. The van der Waals surface area contributed by atoms with E-state index in [2.05, 4.69) is 5.32 Å². The summed E-state index contributed by atoms with van der Waals surface area (Å²) in [5, 5.41) is 12.8. The van der Waals surface area contributed by atoms with E-state index in [1.165, 1.54) is 6.07 Å². The van der Waals surface area contributed by atoms with Gasteiger partial charge in [0.15, 0.2) is 11.6 Å². The van der Waals surface area contributed by atoms with Crippen LogP contribution in [0.2, 0.25) is 0 Å². The van der Waals surface area contributed by atoms with E-state index in [0.29, 0.717) is 5.69 Å². The first-order chi connectivity index (χ1) is 11.3. The molecular formula is C18H20F2N2O2. The van der Waals surface area contributed by atoms with Crippen LogP contribution < -0.4 is 5.32 Å². The van der Waals surface area contributed by atoms with Gasteiger partial charge in [0.05, 0.1) is 12.6 Å². The molecule has 0 spiro atoms. The van der Waals surface area contributed by atoms with Gasteiger partial charge in [-0.3, -0.25) is 9.69 Å². The molecule has 0 aliphatic heterocycles. The van der Waals surface area contributed by atoms with Crippen LogP contribution in [0.1, 0.15) is 17.2 Å². The van der Waals surface area contributed by atoms with Gasteiger partial charge >= 0.3 is 0 Å². The van der Waals surface area contributed by atoms with Crippen molar-refractivity contribution in [3.05, 3.63) is 65.2 Å². The van der Waals surface area contributed by atoms with Crippen molar-refractivity contribution in [3.63, 3.8) is 0 Å². The molecular weight excluding hydrogens is 314 g/mol. The van der Waals surface area contributed by atoms with E-state index in [1.54, 1.807) is 11.9 Å². The van der Waals surface area contributed by atoms with E-state index in [1.807, 2.05) is 31.2 Å². The lowest BCUT2D eigenvalue weighted by atomic mass is 10.1. The average molecular weight is 334 g/mol. The van der Waals surface area contributed by atoms with Gasteiger partial charge < -0.3 is 10.4 Å². The Kier molecular flexibility index (Phi) is 6.00. The number of nitrogens with one attached hydrogen (secondary N) is 1. The minimum Gasteiger partial charge on any atom is -0.387 e. The molecule has 2 rings (SSSR count). The van der Waals surface area contributed by atoms with Gasteiger partial charge in [-0.1, -0.05) is 23.8 Å². The molecule has 0 bridgehead atoms. The molecule has 1 atom stereocenters. The number of nitrogens with zero attached hydrogens (tertiary/aromatic N) is 1. The third-order valence-electron chi connectivity index (χ3n) is 3.56. The quantitative estimate of drug-likeness (QED) is 0.854. The largest absolute Gasteiger partial charge is 0.387 e. The van der Waals surface area contributed by atoms with Gasteiger partial charge in [-0.2, -0.15) is 0 Å². The molecule has 0 saturated heterocycles. The number of amides is 1. The maximum Gasteiger partial charge on any atom is 0.238 e. The van der Waals surface area contributed by atoms with Crippen LogP contribution in [0, 0.1) is 18.6 Å². The van der Waals surface area contributed by atoms with Crippen LogP contribution >= 0.6 is 0 Å². The minimum atomic E-state index is -1.02. The molecule has 0 saturated carbocycles. The van der Waals surface area contributed by atoms with Gasteiger partial charge in [0, 0.05) is 12.2 Å². The molecule has 2 aromatic carbocycles. The van der Waals surface area contributed by atoms with Crippen molar-refractivity contribution < 1.29 is 18.7 Å². The first kappa shape index (κ1) is 18.0. The maximum absolute atomic E-state index is 13.2. The molecule has 4 nitrogen and oxygen atoms in total. The van der Waals surface area contributed by atoms with Gasteiger partial charge in [-0.25, -0.2) is 8.78 Å². The Hall–Kier alpha value is -2.31. The number of benzene rings is 2. The highest BCUT2D eigenvalue weighted by Crippen LogP contribution is 2.17. The highest BCUT2D eigenvalue weighted by molar-refractivity contribution is 5.92. The molecule has 0 fully saturated rings. The average Bonchev–Trinajstić information content (AvgIpc) is 2.52. The van der Waals surface area contributed by atoms with Gasteiger partial charge in [0.1, 0.15) is 0 Å². The van der Waals surface area contributed by atoms with E-state index < -0.39 is 17.7 Å². The molecule has 0 heterocycles. The van der Waals surface area contributed by atoms with Crippen LogP contribution in [0.25, 0.3) is 0 Å². The van der Waals surface area contributed by atoms with Gasteiger partial charge in [-0.15, -0.1) is 0 Å². The van der Waals surface area contributed by atoms with Crippen LogP contribution in [-0.4, -0.2) is 36.1 Å². The molecule has 2 N–H and O–H groups in total. The zero-order valence-electron chi connectivity index (χ0n) is 13.6. The van der Waals surface area contributed by atoms with Crippen LogP contribution in [-0.2, 0) is 4.79 Å². The fourth-order valence-corrected chi connectivity index (χ4v) is 2.27. The Bertz CT molecular complexity index is 705. The maximum atomic E-state index is 13.2. The van der Waals surface area contributed by atoms with Crippen molar-refractivity contribution in [2.45, 2.75) is 13.0 Å². The molecule has 0 aliphatic carbocycles. The van der Waals surface area contributed by atoms with Gasteiger partial charge in [-0.05, 0) is 43.8 Å². The lowest BCUT2D eigenvalue weighted by molar-refractivity contribution is -0.117. The van der Waals surface area contributed by atoms with Crippen LogP contribution in [0.3, 0.4) is 0 Å². The molecule has 0 radical (unpaired) electrons. The van der Waals surface area contributed by atoms with Crippen LogP contribution in [0.4, 0.5) is 14.5 Å². The van der Waals surface area contributed by atoms with E-state index in [0.717, 1.165) is 17.7 Å². The normalized spacial score (nSPS) is 12.2. The molecule has 128 valence electrons. The molecule has 1 amide bonds. The summed E-state index contributed by atoms with van der Waals surface area (Å²) in [6.07, 6.45) is -1.02. The number of anilines is 1. The SMILES string of the molecule is Cc1ccc(NC(=O)CN(C)CC(O)c2ccc(F)c(F)c2)cc1. The van der Waals surface area contributed by atoms with E-state index >= 15 is 0 Å². The smallest absolute Gasteiger partial charge is 0.238 e. The predicted molar refractivity (Wildman–Crippen MR) is 88.6 cm³/mol. The summed E-state index contributed by atoms with van der Waals surface area (Å²) in [6, 6.07) is 10.7. The summed E-state index contributed by atoms with van der Waals surface area (Å²) in [7, 11) is 1.66. The number of aliphatic hydroxyl groups is 1. The molecule has 1 unspecified atom stereocenters. The molecule has 6 heteroatoms. The van der Waals surface area contributed by atoms with Crippen molar-refractivity contribution in [3.8, 4) is 0 Å². The fourth-order valence-electron chi connectivity index (χ4n) is 2.27. The summed E-state index contributed by atoms with van der Waals surface area (Å²) in [4.78, 5) is 13.6. The lowest BCUT2D eigenvalue weighted by Gasteiger charge is -2.20. The van der Waals surface area contributed by atoms with Crippen molar-refractivity contribution >= 4 is 11.6 Å². The number of rotatable bonds is 6. The van der Waals surface area contributed by atoms with Crippen molar-refractivity contribution in [2.24, 2.45) is 0 Å². The second kappa shape index (κ2) is 7.99. The topological polar surface area (TPSA) is 52.6 Å². The third kappa shape index (κ3) is 5.11. The molecule has 0 aliphatic rings. The first-order valence-corrected chi connectivity index (χ1v) is 7.53. The second-order valence-corrected chi connectivity index (χ2v) is 5.80. The van der Waals surface area contributed by atoms with Crippen molar-refractivity contribution in [1.29, 1.82) is 0 Å². The Morgan fingerprint density at radius 1 is 1.17 bits per heavy atom. The number of aryl methyl sites for hydroxylation is 1. The first-order valence-electron chi connectivity index (χ1n) is 7.53. The number of carbonyl (C=O) groups excluding carboxylic acids is 1. The predicted octanol–water partition coefficient (Wildman–Crippen LogP) is 2.88. The lowest BCUT2D eigenvalue weighted by Crippen LogP contribution is -2.33. The molecule has 24 heavy (non-hydrogen) atoms. The number of hydrogen-bond acceptors (Lipinski definition) is 3. The Labute approximate surface area is 139 Å². The standard InChI is InChI=1S/C18H20F2N2O2/c1-12-3-6-14(7-4-12)21-18(24)11-22(2)10-17(23)13-5-8-15(19)16(20)9-13/h3-9,17,23H,10-11H2,1-2H3,(H,21,24). The monoisotopic (exact) mass is 334 g/mol. The second-order valence-electron chi connectivity index (χ2n) is 5.80. The Morgan fingerprint density at radius 2 is 1.83 bits per heavy atom. The number of likely N-dealkylation sites (N-methyl/N-ethyl adjacent to an activating group) is 1. The summed E-state index contributed by atoms with van der Waals surface area (Å²) in [5.41, 5.74) is 2.06. The number of aliphatic hydroxyl groups excluding tert-OH is 1. The van der Waals surface area contributed by atoms with Crippen molar-refractivity contribution in [1.82, 2.24) is 4.90 Å². The Morgan fingerprint density at radius 3 is 2.46 bits per heavy atom. The summed E-state index contributed by atoms with van der Waals surface area (Å²) in [6.45, 7) is 2.14. The summed E-state index contributed by atoms with van der Waals surface area (Å²) in [5.74, 6) is -2.19. The molecule has 0 aromatic heterocycles. The zero-order valence-corrected chi connectivity index (χ0v) is 13.6. The Balaban J connectivity index is 1.87. The van der Waals surface area contributed by atoms with E-state index in [9.17, 15) is 18.7 Å². The van der Waals surface area contributed by atoms with Crippen molar-refractivity contribution in [2.75, 3.05) is 25.5 Å². The third-order valence-corrected chi connectivity index (χ3v) is 3.56. The molecule has 2 aromatic rings. The zero-order chi connectivity index (χ0) is 17.7. The number of hydrogen-bond donors (Lipinski definition) is 2. The van der Waals surface area contributed by atoms with Crippen LogP contribution in [0.15, 0.2) is 42.5 Å². The number of halogens is 2. The van der Waals surface area contributed by atoms with Gasteiger partial charge in [0.25, 0.3) is 0 Å².